The first-order valence-corrected chi connectivity index (χ1v) is 30.7. The van der Waals surface area contributed by atoms with Crippen molar-refractivity contribution in [3.63, 3.8) is 0 Å². The molecule has 0 aliphatic carbocycles. The van der Waals surface area contributed by atoms with Gasteiger partial charge in [-0.2, -0.15) is 0 Å². The lowest BCUT2D eigenvalue weighted by Crippen LogP contribution is -2.62. The third-order valence-electron chi connectivity index (χ3n) is 13.9. The summed E-state index contributed by atoms with van der Waals surface area (Å²) in [7, 11) is -4.76. The van der Waals surface area contributed by atoms with E-state index in [1.807, 2.05) is 0 Å². The van der Waals surface area contributed by atoms with E-state index in [1.54, 1.807) is 0 Å². The summed E-state index contributed by atoms with van der Waals surface area (Å²) in [5, 5.41) is 41.2. The number of hydrogen-bond donors (Lipinski definition) is 6. The number of nitrogens with zero attached hydrogens (tertiary/aromatic N) is 3. The van der Waals surface area contributed by atoms with E-state index < -0.39 is 101 Å². The van der Waals surface area contributed by atoms with Gasteiger partial charge >= 0.3 is 43.6 Å². The number of phosphoric ester groups is 1. The molecule has 22 heteroatoms. The molecule has 1 fully saturated rings. The first-order valence-electron chi connectivity index (χ1n) is 29.2. The zero-order chi connectivity index (χ0) is 57.0. The van der Waals surface area contributed by atoms with Gasteiger partial charge in [-0.05, 0) is 25.7 Å². The molecule has 1 aliphatic heterocycles. The Morgan fingerprint density at radius 1 is 0.532 bits per heavy atom. The number of nitrogens with one attached hydrogen (secondary N) is 1. The number of rotatable bonds is 52. The molecule has 0 aromatic rings. The topological polar surface area (TPSA) is 296 Å². The number of carbonyl (C=O) groups excluding carboxylic acids is 3. The van der Waals surface area contributed by atoms with Crippen LogP contribution in [0.5, 0.6) is 0 Å². The van der Waals surface area contributed by atoms with Crippen LogP contribution in [0.3, 0.4) is 0 Å². The number of amides is 1. The quantitative estimate of drug-likeness (QED) is 0.0188. The molecule has 21 nitrogen and oxygen atoms in total. The Balaban J connectivity index is 2.72. The molecule has 0 bridgehead atoms. The number of carboxylic acids is 4. The van der Waals surface area contributed by atoms with E-state index in [9.17, 15) is 63.4 Å². The van der Waals surface area contributed by atoms with Crippen molar-refractivity contribution in [2.75, 3.05) is 78.7 Å². The van der Waals surface area contributed by atoms with Gasteiger partial charge in [0.25, 0.3) is 0 Å². The highest BCUT2D eigenvalue weighted by Gasteiger charge is 2.43. The van der Waals surface area contributed by atoms with Gasteiger partial charge in [-0.3, -0.25) is 57.3 Å². The van der Waals surface area contributed by atoms with Gasteiger partial charge in [0.2, 0.25) is 5.91 Å². The third kappa shape index (κ3) is 40.2. The molecule has 1 rings (SSSR count). The largest absolute Gasteiger partial charge is 0.480 e. The van der Waals surface area contributed by atoms with Gasteiger partial charge in [0.05, 0.1) is 39.4 Å². The second-order valence-corrected chi connectivity index (χ2v) is 22.5. The van der Waals surface area contributed by atoms with Crippen molar-refractivity contribution in [2.45, 2.75) is 231 Å². The Kier molecular flexibility index (Phi) is 41.7. The molecule has 1 aliphatic rings. The number of phosphoric acid groups is 1. The van der Waals surface area contributed by atoms with E-state index in [0.29, 0.717) is 12.8 Å². The summed E-state index contributed by atoms with van der Waals surface area (Å²) in [6, 6.07) is 0. The van der Waals surface area contributed by atoms with Gasteiger partial charge in [-0.25, -0.2) is 4.57 Å². The van der Waals surface area contributed by atoms with Crippen molar-refractivity contribution in [1.82, 2.24) is 20.0 Å². The van der Waals surface area contributed by atoms with Crippen LogP contribution in [0.15, 0.2) is 0 Å². The molecule has 1 heterocycles. The minimum Gasteiger partial charge on any atom is -0.480 e. The zero-order valence-corrected chi connectivity index (χ0v) is 48.0. The monoisotopic (exact) mass is 1120 g/mol. The number of esters is 2. The van der Waals surface area contributed by atoms with Crippen molar-refractivity contribution < 1.29 is 82.0 Å². The van der Waals surface area contributed by atoms with Gasteiger partial charge in [0.1, 0.15) is 6.61 Å². The predicted octanol–water partition coefficient (Wildman–Crippen LogP) is 9.21. The molecule has 0 radical (unpaired) electrons. The highest BCUT2D eigenvalue weighted by atomic mass is 31.2. The second-order valence-electron chi connectivity index (χ2n) is 21.0. The predicted molar refractivity (Wildman–Crippen MR) is 292 cm³/mol. The first-order chi connectivity index (χ1) is 36.9. The van der Waals surface area contributed by atoms with Crippen LogP contribution in [0, 0.1) is 0 Å². The maximum atomic E-state index is 12.9. The van der Waals surface area contributed by atoms with Crippen LogP contribution < -0.4 is 5.32 Å². The highest BCUT2D eigenvalue weighted by Crippen LogP contribution is 2.43. The zero-order valence-electron chi connectivity index (χ0n) is 47.1. The number of hydrogen-bond acceptors (Lipinski definition) is 15. The standard InChI is InChI=1S/C55H101N4O17P/c1-3-5-7-9-11-13-15-17-19-21-23-25-27-32-53(69)73-43-47(76-54(70)33-28-26-24-22-20-18-16-14-12-10-8-6-4-2)44-75-77(71,72)74-38-35-56-48(60)31-29-30-34-55(59(41-51(65)66)42-52(67)68)45-57(39-49(61)62)36-37-58(46-55)40-50(63)64/h47H,3-46H2,1-2H3,(H,56,60)(H,61,62)(H,63,64)(H,65,66)(H,67,68)(H,71,72)/t47-/m1/s1. The van der Waals surface area contributed by atoms with Gasteiger partial charge in [0.15, 0.2) is 6.10 Å². The molecule has 1 unspecified atom stereocenters. The number of carbonyl (C=O) groups is 7. The molecular weight excluding hydrogens is 1020 g/mol. The van der Waals surface area contributed by atoms with Crippen LogP contribution in [-0.2, 0) is 56.6 Å². The smallest absolute Gasteiger partial charge is 0.472 e. The highest BCUT2D eigenvalue weighted by molar-refractivity contribution is 7.47. The molecular formula is C55H101N4O17P. The molecule has 2 atom stereocenters. The maximum Gasteiger partial charge on any atom is 0.472 e. The van der Waals surface area contributed by atoms with Crippen LogP contribution in [-0.4, -0.2) is 172 Å². The molecule has 1 saturated heterocycles. The number of aliphatic carboxylic acids is 4. The van der Waals surface area contributed by atoms with Crippen molar-refractivity contribution >= 4 is 49.5 Å². The summed E-state index contributed by atoms with van der Waals surface area (Å²) < 4.78 is 34.2. The minimum atomic E-state index is -4.76. The normalized spacial score (nSPS) is 15.1. The van der Waals surface area contributed by atoms with Crippen LogP contribution >= 0.6 is 7.82 Å². The lowest BCUT2D eigenvalue weighted by atomic mass is 9.88. The third-order valence-corrected chi connectivity index (χ3v) is 14.9. The summed E-state index contributed by atoms with van der Waals surface area (Å²) in [5.41, 5.74) is -1.32. The lowest BCUT2D eigenvalue weighted by Gasteiger charge is -2.45. The summed E-state index contributed by atoms with van der Waals surface area (Å²) in [5.74, 6) is -6.51. The summed E-state index contributed by atoms with van der Waals surface area (Å²) in [6.45, 7) is 0.605. The average Bonchev–Trinajstić information content (AvgIpc) is 3.53. The van der Waals surface area contributed by atoms with Crippen molar-refractivity contribution in [3.8, 4) is 0 Å². The van der Waals surface area contributed by atoms with E-state index in [0.717, 1.165) is 44.9 Å². The van der Waals surface area contributed by atoms with Crippen LogP contribution in [0.4, 0.5) is 0 Å². The summed E-state index contributed by atoms with van der Waals surface area (Å²) in [4.78, 5) is 101. The Morgan fingerprint density at radius 3 is 1.35 bits per heavy atom. The maximum absolute atomic E-state index is 12.9. The van der Waals surface area contributed by atoms with E-state index in [-0.39, 0.29) is 77.9 Å². The van der Waals surface area contributed by atoms with Crippen molar-refractivity contribution in [2.24, 2.45) is 0 Å². The molecule has 1 amide bonds. The molecule has 0 saturated carbocycles. The Hall–Kier alpha value is -3.72. The Bertz CT molecular complexity index is 1650. The Morgan fingerprint density at radius 2 is 0.935 bits per heavy atom. The van der Waals surface area contributed by atoms with Gasteiger partial charge < -0.3 is 40.1 Å². The van der Waals surface area contributed by atoms with Crippen molar-refractivity contribution in [3.05, 3.63) is 0 Å². The van der Waals surface area contributed by atoms with Gasteiger partial charge in [0, 0.05) is 57.5 Å². The molecule has 448 valence electrons. The number of unbranched alkanes of at least 4 members (excludes halogenated alkanes) is 25. The SMILES string of the molecule is CCCCCCCCCCCCCCCC(=O)OC[C@H](COP(=O)(O)OCCNC(=O)CCCCC1(N(CC(=O)O)CC(=O)O)CN(CC(=O)O)CCN(CC(=O)O)C1)OC(=O)CCCCCCCCCCCCCCC. The van der Waals surface area contributed by atoms with E-state index >= 15 is 0 Å². The van der Waals surface area contributed by atoms with E-state index in [1.165, 1.54) is 124 Å². The van der Waals surface area contributed by atoms with Crippen LogP contribution in [0.25, 0.3) is 0 Å². The molecule has 0 aromatic heterocycles. The first kappa shape index (κ1) is 71.3. The number of carboxylic acid groups (broad SMARTS) is 4. The fraction of sp³-hybridized carbons (Fsp3) is 0.873. The fourth-order valence-electron chi connectivity index (χ4n) is 9.80. The van der Waals surface area contributed by atoms with Crippen LogP contribution in [0.1, 0.15) is 219 Å². The summed E-state index contributed by atoms with van der Waals surface area (Å²) >= 11 is 0. The fourth-order valence-corrected chi connectivity index (χ4v) is 10.5. The molecule has 77 heavy (non-hydrogen) atoms. The second kappa shape index (κ2) is 45.1. The van der Waals surface area contributed by atoms with Gasteiger partial charge in [-0.1, -0.05) is 174 Å². The molecule has 0 spiro atoms. The average molecular weight is 1120 g/mol. The summed E-state index contributed by atoms with van der Waals surface area (Å²) in [6.07, 6.45) is 29.7. The Labute approximate surface area is 459 Å². The van der Waals surface area contributed by atoms with E-state index in [4.69, 9.17) is 18.5 Å². The lowest BCUT2D eigenvalue weighted by molar-refractivity contribution is -0.161. The molecule has 0 aromatic carbocycles. The number of ether oxygens (including phenoxy) is 2. The van der Waals surface area contributed by atoms with E-state index in [2.05, 4.69) is 19.2 Å². The molecule has 6 N–H and O–H groups in total. The van der Waals surface area contributed by atoms with Crippen LogP contribution in [0.2, 0.25) is 0 Å². The minimum absolute atomic E-state index is 0.0661. The van der Waals surface area contributed by atoms with Crippen molar-refractivity contribution in [1.29, 1.82) is 0 Å². The van der Waals surface area contributed by atoms with Gasteiger partial charge in [-0.15, -0.1) is 0 Å².